The molecule has 0 aliphatic rings. The number of aliphatic hydroxyl groups excluding tert-OH is 10. The van der Waals surface area contributed by atoms with Crippen LogP contribution in [-0.4, -0.2) is 117 Å². The number of aliphatic hydroxyl groups is 10. The van der Waals surface area contributed by atoms with Gasteiger partial charge in [0, 0.05) is 25.7 Å². The first-order chi connectivity index (χ1) is 11.4. The molecule has 0 aromatic heterocycles. The summed E-state index contributed by atoms with van der Waals surface area (Å²) in [5.74, 6) is -0.0443. The molecule has 10 N–H and O–H groups in total. The molecule has 0 aromatic rings. The highest BCUT2D eigenvalue weighted by molar-refractivity contribution is 4.74. The van der Waals surface area contributed by atoms with E-state index in [1.807, 2.05) is 0 Å². The van der Waals surface area contributed by atoms with E-state index in [0.717, 1.165) is 0 Å². The van der Waals surface area contributed by atoms with Crippen LogP contribution in [0.1, 0.15) is 12.8 Å². The van der Waals surface area contributed by atoms with Crippen LogP contribution in [0.15, 0.2) is 0 Å². The van der Waals surface area contributed by atoms with Crippen molar-refractivity contribution < 1.29 is 51.1 Å². The Balaban J connectivity index is -0.000000282. The predicted octanol–water partition coefficient (Wildman–Crippen LogP) is -4.37. The number of hydrogen-bond donors (Lipinski definition) is 10. The molecule has 0 rings (SSSR count). The van der Waals surface area contributed by atoms with Crippen LogP contribution < -0.4 is 0 Å². The molecule has 0 aromatic carbocycles. The first-order valence-corrected chi connectivity index (χ1v) is 7.56. The third kappa shape index (κ3) is 16.5. The third-order valence-electron chi connectivity index (χ3n) is 3.05. The van der Waals surface area contributed by atoms with Gasteiger partial charge < -0.3 is 51.1 Å². The van der Waals surface area contributed by atoms with Crippen LogP contribution in [0.4, 0.5) is 0 Å². The average molecular weight is 362 g/mol. The van der Waals surface area contributed by atoms with E-state index in [1.54, 1.807) is 0 Å². The Morgan fingerprint density at radius 2 is 0.958 bits per heavy atom. The van der Waals surface area contributed by atoms with Gasteiger partial charge in [0.05, 0.1) is 45.1 Å². The topological polar surface area (TPSA) is 202 Å². The molecule has 10 nitrogen and oxygen atoms in total. The maximum atomic E-state index is 8.51. The summed E-state index contributed by atoms with van der Waals surface area (Å²) in [4.78, 5) is 0. The van der Waals surface area contributed by atoms with Crippen molar-refractivity contribution in [3.05, 3.63) is 0 Å². The SMILES string of the molecule is OCC(CO)(CO)CO.OCC(O)CO.OCCCC(CO)CO. The molecule has 0 spiro atoms. The fourth-order valence-corrected chi connectivity index (χ4v) is 0.978. The van der Waals surface area contributed by atoms with Crippen molar-refractivity contribution in [1.29, 1.82) is 0 Å². The van der Waals surface area contributed by atoms with Gasteiger partial charge in [0.15, 0.2) is 0 Å². The molecule has 0 unspecified atom stereocenters. The molecular weight excluding hydrogens is 328 g/mol. The van der Waals surface area contributed by atoms with Gasteiger partial charge in [0.1, 0.15) is 6.10 Å². The molecule has 0 amide bonds. The van der Waals surface area contributed by atoms with Gasteiger partial charge in [-0.1, -0.05) is 0 Å². The van der Waals surface area contributed by atoms with Gasteiger partial charge in [-0.05, 0) is 12.8 Å². The van der Waals surface area contributed by atoms with E-state index in [1.165, 1.54) is 0 Å². The summed E-state index contributed by atoms with van der Waals surface area (Å²) in [6.45, 7) is -2.20. The molecule has 10 heteroatoms. The van der Waals surface area contributed by atoms with Crippen LogP contribution >= 0.6 is 0 Å². The lowest BCUT2D eigenvalue weighted by Gasteiger charge is -2.23. The number of rotatable bonds is 11. The smallest absolute Gasteiger partial charge is 0.100 e. The molecule has 0 radical (unpaired) electrons. The molecule has 0 saturated heterocycles. The lowest BCUT2D eigenvalue weighted by Crippen LogP contribution is -2.37. The summed E-state index contributed by atoms with van der Waals surface area (Å²) >= 11 is 0. The summed E-state index contributed by atoms with van der Waals surface area (Å²) in [5.41, 5.74) is -1.11. The standard InChI is InChI=1S/C6H14O3.C5H12O4.C3H8O3/c7-3-1-2-6(4-8)5-9;6-1-5(2-7,3-8)4-9;4-1-3(6)2-5/h6-9H,1-5H2;6-9H,1-4H2;3-6H,1-2H2. The third-order valence-corrected chi connectivity index (χ3v) is 3.05. The van der Waals surface area contributed by atoms with Crippen molar-refractivity contribution in [1.82, 2.24) is 0 Å². The Kier molecular flexibility index (Phi) is 24.4. The van der Waals surface area contributed by atoms with Crippen molar-refractivity contribution in [2.75, 3.05) is 59.5 Å². The lowest BCUT2D eigenvalue weighted by atomic mass is 9.93. The lowest BCUT2D eigenvalue weighted by molar-refractivity contribution is -0.0328. The van der Waals surface area contributed by atoms with E-state index in [0.29, 0.717) is 12.8 Å². The van der Waals surface area contributed by atoms with E-state index in [2.05, 4.69) is 0 Å². The maximum Gasteiger partial charge on any atom is 0.100 e. The van der Waals surface area contributed by atoms with Crippen LogP contribution in [-0.2, 0) is 0 Å². The molecule has 150 valence electrons. The minimum atomic E-state index is -1.11. The summed E-state index contributed by atoms with van der Waals surface area (Å²) in [6, 6.07) is 0. The van der Waals surface area contributed by atoms with E-state index < -0.39 is 37.9 Å². The highest BCUT2D eigenvalue weighted by Crippen LogP contribution is 2.11. The first kappa shape index (κ1) is 28.4. The summed E-state index contributed by atoms with van der Waals surface area (Å²) in [6.07, 6.45) is 0.403. The molecule has 0 atom stereocenters. The highest BCUT2D eigenvalue weighted by Gasteiger charge is 2.26. The Morgan fingerprint density at radius 1 is 0.583 bits per heavy atom. The summed E-state index contributed by atoms with van der Waals surface area (Å²) in [5, 5.41) is 83.4. The Labute approximate surface area is 141 Å². The molecule has 0 heterocycles. The molecule has 0 bridgehead atoms. The van der Waals surface area contributed by atoms with Gasteiger partial charge in [-0.3, -0.25) is 0 Å². The molecule has 0 aliphatic heterocycles. The van der Waals surface area contributed by atoms with Crippen LogP contribution in [0.3, 0.4) is 0 Å². The second-order valence-electron chi connectivity index (χ2n) is 5.25. The fraction of sp³-hybridized carbons (Fsp3) is 1.00. The highest BCUT2D eigenvalue weighted by atomic mass is 16.3. The predicted molar refractivity (Wildman–Crippen MR) is 84.9 cm³/mol. The van der Waals surface area contributed by atoms with Gasteiger partial charge >= 0.3 is 0 Å². The van der Waals surface area contributed by atoms with Crippen LogP contribution in [0, 0.1) is 11.3 Å². The molecule has 0 saturated carbocycles. The fourth-order valence-electron chi connectivity index (χ4n) is 0.978. The minimum absolute atomic E-state index is 0.0104. The van der Waals surface area contributed by atoms with Gasteiger partial charge in [-0.2, -0.15) is 0 Å². The quantitative estimate of drug-likeness (QED) is 0.171. The minimum Gasteiger partial charge on any atom is -0.396 e. The zero-order valence-corrected chi connectivity index (χ0v) is 13.9. The Bertz CT molecular complexity index is 200. The van der Waals surface area contributed by atoms with Crippen molar-refractivity contribution in [3.8, 4) is 0 Å². The van der Waals surface area contributed by atoms with Crippen molar-refractivity contribution in [2.24, 2.45) is 11.3 Å². The van der Waals surface area contributed by atoms with Gasteiger partial charge in [-0.15, -0.1) is 0 Å². The Hall–Kier alpha value is -0.400. The maximum absolute atomic E-state index is 8.51. The summed E-state index contributed by atoms with van der Waals surface area (Å²) < 4.78 is 0. The van der Waals surface area contributed by atoms with E-state index in [-0.39, 0.29) is 39.0 Å². The average Bonchev–Trinajstić information content (AvgIpc) is 2.65. The molecular formula is C14H34O10. The van der Waals surface area contributed by atoms with Crippen LogP contribution in [0.2, 0.25) is 0 Å². The van der Waals surface area contributed by atoms with Gasteiger partial charge in [0.25, 0.3) is 0 Å². The molecule has 24 heavy (non-hydrogen) atoms. The molecule has 0 fully saturated rings. The van der Waals surface area contributed by atoms with E-state index >= 15 is 0 Å². The molecule has 0 aliphatic carbocycles. The van der Waals surface area contributed by atoms with E-state index in [9.17, 15) is 0 Å². The van der Waals surface area contributed by atoms with Crippen LogP contribution in [0.5, 0.6) is 0 Å². The van der Waals surface area contributed by atoms with E-state index in [4.69, 9.17) is 51.1 Å². The van der Waals surface area contributed by atoms with Gasteiger partial charge in [-0.25, -0.2) is 0 Å². The normalized spacial score (nSPS) is 11.0. The zero-order chi connectivity index (χ0) is 19.4. The first-order valence-electron chi connectivity index (χ1n) is 7.56. The van der Waals surface area contributed by atoms with Crippen molar-refractivity contribution in [3.63, 3.8) is 0 Å². The largest absolute Gasteiger partial charge is 0.396 e. The second kappa shape index (κ2) is 20.6. The van der Waals surface area contributed by atoms with Gasteiger partial charge in [0.2, 0.25) is 0 Å². The van der Waals surface area contributed by atoms with Crippen molar-refractivity contribution in [2.45, 2.75) is 18.9 Å². The monoisotopic (exact) mass is 362 g/mol. The number of hydrogen-bond acceptors (Lipinski definition) is 10. The zero-order valence-electron chi connectivity index (χ0n) is 13.9. The Morgan fingerprint density at radius 3 is 1.08 bits per heavy atom. The second-order valence-corrected chi connectivity index (χ2v) is 5.25. The van der Waals surface area contributed by atoms with Crippen molar-refractivity contribution >= 4 is 0 Å². The van der Waals surface area contributed by atoms with Crippen LogP contribution in [0.25, 0.3) is 0 Å². The summed E-state index contributed by atoms with van der Waals surface area (Å²) in [7, 11) is 0.